The van der Waals surface area contributed by atoms with Crippen LogP contribution < -0.4 is 0 Å². The summed E-state index contributed by atoms with van der Waals surface area (Å²) in [5.41, 5.74) is 0. The highest BCUT2D eigenvalue weighted by molar-refractivity contribution is 14.1. The van der Waals surface area contributed by atoms with Gasteiger partial charge in [0.1, 0.15) is 12.2 Å². The second-order valence-corrected chi connectivity index (χ2v) is 4.66. The van der Waals surface area contributed by atoms with Crippen LogP contribution in [0.2, 0.25) is 0 Å². The van der Waals surface area contributed by atoms with Gasteiger partial charge in [-0.05, 0) is 13.8 Å². The van der Waals surface area contributed by atoms with Gasteiger partial charge < -0.3 is 19.3 Å². The molecular weight excluding hydrogens is 287 g/mol. The number of hydrogen-bond donors (Lipinski definition) is 1. The zero-order valence-electron chi connectivity index (χ0n) is 7.57. The fourth-order valence-electron chi connectivity index (χ4n) is 1.78. The molecule has 4 nitrogen and oxygen atoms in total. The van der Waals surface area contributed by atoms with Gasteiger partial charge in [-0.2, -0.15) is 0 Å². The third-order valence-corrected chi connectivity index (χ3v) is 3.15. The van der Waals surface area contributed by atoms with E-state index in [4.69, 9.17) is 14.2 Å². The molecule has 76 valence electrons. The molecule has 0 aromatic heterocycles. The summed E-state index contributed by atoms with van der Waals surface area (Å²) in [6.45, 7) is 3.70. The van der Waals surface area contributed by atoms with Crippen LogP contribution in [0.25, 0.3) is 0 Å². The molecule has 0 aliphatic carbocycles. The highest BCUT2D eigenvalue weighted by Gasteiger charge is 2.54. The van der Waals surface area contributed by atoms with Crippen LogP contribution in [0.5, 0.6) is 0 Å². The lowest BCUT2D eigenvalue weighted by molar-refractivity contribution is -0.216. The highest BCUT2D eigenvalue weighted by atomic mass is 127. The highest BCUT2D eigenvalue weighted by Crippen LogP contribution is 2.38. The predicted octanol–water partition coefficient (Wildman–Crippen LogP) is 0.659. The largest absolute Gasteiger partial charge is 0.366 e. The lowest BCUT2D eigenvalue weighted by Crippen LogP contribution is -2.30. The Labute approximate surface area is 90.7 Å². The molecule has 0 unspecified atom stereocenters. The van der Waals surface area contributed by atoms with Crippen molar-refractivity contribution in [1.82, 2.24) is 0 Å². The Bertz CT molecular complexity index is 208. The number of rotatable bonds is 1. The lowest BCUT2D eigenvalue weighted by Gasteiger charge is -2.21. The minimum atomic E-state index is -0.841. The van der Waals surface area contributed by atoms with E-state index in [-0.39, 0.29) is 18.3 Å². The van der Waals surface area contributed by atoms with E-state index in [2.05, 4.69) is 22.6 Å². The summed E-state index contributed by atoms with van der Waals surface area (Å²) >= 11 is 2.22. The molecule has 2 aliphatic heterocycles. The minimum Gasteiger partial charge on any atom is -0.366 e. The zero-order chi connectivity index (χ0) is 9.64. The molecular formula is C8H13IO4. The molecule has 2 saturated heterocycles. The third-order valence-electron chi connectivity index (χ3n) is 2.28. The van der Waals surface area contributed by atoms with E-state index in [1.807, 2.05) is 13.8 Å². The van der Waals surface area contributed by atoms with Crippen LogP contribution in [0.3, 0.4) is 0 Å². The van der Waals surface area contributed by atoms with E-state index in [0.717, 1.165) is 4.43 Å². The fourth-order valence-corrected chi connectivity index (χ4v) is 2.49. The average Bonchev–Trinajstić information content (AvgIpc) is 2.47. The summed E-state index contributed by atoms with van der Waals surface area (Å²) in [6, 6.07) is 0. The zero-order valence-corrected chi connectivity index (χ0v) is 9.72. The predicted molar refractivity (Wildman–Crippen MR) is 53.6 cm³/mol. The molecule has 13 heavy (non-hydrogen) atoms. The molecule has 0 amide bonds. The van der Waals surface area contributed by atoms with Crippen molar-refractivity contribution in [3.8, 4) is 0 Å². The monoisotopic (exact) mass is 300 g/mol. The Kier molecular flexibility index (Phi) is 2.57. The Morgan fingerprint density at radius 2 is 1.92 bits per heavy atom. The molecule has 2 fully saturated rings. The van der Waals surface area contributed by atoms with Crippen molar-refractivity contribution in [2.45, 2.75) is 44.2 Å². The number of aliphatic hydroxyl groups is 1. The van der Waals surface area contributed by atoms with E-state index in [1.54, 1.807) is 0 Å². The van der Waals surface area contributed by atoms with Crippen molar-refractivity contribution >= 4 is 22.6 Å². The van der Waals surface area contributed by atoms with Crippen LogP contribution in [0.15, 0.2) is 0 Å². The standard InChI is InChI=1S/C8H13IO4/c1-8(2)12-5-4(3-9)11-7(10)6(5)13-8/h4-7,10H,3H2,1-2H3/t4-,5-,6-,7-/m1/s1. The fraction of sp³-hybridized carbons (Fsp3) is 1.00. The third kappa shape index (κ3) is 1.72. The van der Waals surface area contributed by atoms with Crippen molar-refractivity contribution < 1.29 is 19.3 Å². The normalized spacial score (nSPS) is 48.0. The molecule has 0 bridgehead atoms. The molecule has 4 atom stereocenters. The van der Waals surface area contributed by atoms with Gasteiger partial charge in [-0.3, -0.25) is 0 Å². The van der Waals surface area contributed by atoms with Gasteiger partial charge in [-0.15, -0.1) is 0 Å². The van der Waals surface area contributed by atoms with Gasteiger partial charge in [0.2, 0.25) is 0 Å². The lowest BCUT2D eigenvalue weighted by atomic mass is 10.2. The topological polar surface area (TPSA) is 47.9 Å². The number of alkyl halides is 1. The van der Waals surface area contributed by atoms with Gasteiger partial charge >= 0.3 is 0 Å². The number of ether oxygens (including phenoxy) is 3. The molecule has 0 radical (unpaired) electrons. The van der Waals surface area contributed by atoms with E-state index < -0.39 is 12.1 Å². The summed E-state index contributed by atoms with van der Waals surface area (Å²) in [6.07, 6.45) is -1.34. The number of hydrogen-bond acceptors (Lipinski definition) is 4. The van der Waals surface area contributed by atoms with E-state index in [9.17, 15) is 5.11 Å². The van der Waals surface area contributed by atoms with E-state index in [1.165, 1.54) is 0 Å². The number of aliphatic hydroxyl groups excluding tert-OH is 1. The second kappa shape index (κ2) is 3.30. The first kappa shape index (κ1) is 10.1. The van der Waals surface area contributed by atoms with Crippen LogP contribution >= 0.6 is 22.6 Å². The van der Waals surface area contributed by atoms with Gasteiger partial charge in [-0.25, -0.2) is 0 Å². The summed E-state index contributed by atoms with van der Waals surface area (Å²) in [5.74, 6) is -0.593. The molecule has 2 rings (SSSR count). The van der Waals surface area contributed by atoms with Gasteiger partial charge in [-0.1, -0.05) is 22.6 Å². The van der Waals surface area contributed by atoms with Crippen molar-refractivity contribution in [2.24, 2.45) is 0 Å². The van der Waals surface area contributed by atoms with Crippen LogP contribution in [0.1, 0.15) is 13.8 Å². The summed E-state index contributed by atoms with van der Waals surface area (Å²) < 4.78 is 17.2. The van der Waals surface area contributed by atoms with Gasteiger partial charge in [0, 0.05) is 4.43 Å². The molecule has 0 spiro atoms. The first-order valence-corrected chi connectivity index (χ1v) is 5.81. The molecule has 2 heterocycles. The minimum absolute atomic E-state index is 0.0534. The quantitative estimate of drug-likeness (QED) is 0.571. The second-order valence-electron chi connectivity index (χ2n) is 3.78. The number of fused-ring (bicyclic) bond motifs is 1. The van der Waals surface area contributed by atoms with Crippen LogP contribution in [-0.2, 0) is 14.2 Å². The van der Waals surface area contributed by atoms with E-state index in [0.29, 0.717) is 0 Å². The van der Waals surface area contributed by atoms with Crippen LogP contribution in [0, 0.1) is 0 Å². The molecule has 1 N–H and O–H groups in total. The first-order chi connectivity index (χ1) is 6.03. The Balaban J connectivity index is 2.12. The molecule has 0 saturated carbocycles. The van der Waals surface area contributed by atoms with Gasteiger partial charge in [0.15, 0.2) is 12.1 Å². The van der Waals surface area contributed by atoms with E-state index >= 15 is 0 Å². The van der Waals surface area contributed by atoms with Crippen LogP contribution in [-0.4, -0.2) is 39.9 Å². The van der Waals surface area contributed by atoms with Crippen molar-refractivity contribution in [3.63, 3.8) is 0 Å². The van der Waals surface area contributed by atoms with Gasteiger partial charge in [0.25, 0.3) is 0 Å². The average molecular weight is 300 g/mol. The summed E-state index contributed by atoms with van der Waals surface area (Å²) in [5, 5.41) is 9.50. The summed E-state index contributed by atoms with van der Waals surface area (Å²) in [7, 11) is 0. The summed E-state index contributed by atoms with van der Waals surface area (Å²) in [4.78, 5) is 0. The molecule has 0 aromatic rings. The Morgan fingerprint density at radius 3 is 2.54 bits per heavy atom. The maximum absolute atomic E-state index is 9.50. The van der Waals surface area contributed by atoms with Crippen molar-refractivity contribution in [2.75, 3.05) is 4.43 Å². The SMILES string of the molecule is CC1(C)O[C@@H]2[C@H](O1)[C@@H](CI)O[C@H]2O. The maximum atomic E-state index is 9.50. The smallest absolute Gasteiger partial charge is 0.184 e. The Morgan fingerprint density at radius 1 is 1.31 bits per heavy atom. The first-order valence-electron chi connectivity index (χ1n) is 4.28. The maximum Gasteiger partial charge on any atom is 0.184 e. The van der Waals surface area contributed by atoms with Crippen LogP contribution in [0.4, 0.5) is 0 Å². The Hall–Kier alpha value is 0.570. The molecule has 0 aromatic carbocycles. The molecule has 5 heteroatoms. The number of halogens is 1. The van der Waals surface area contributed by atoms with Crippen molar-refractivity contribution in [1.29, 1.82) is 0 Å². The van der Waals surface area contributed by atoms with Crippen molar-refractivity contribution in [3.05, 3.63) is 0 Å². The molecule has 2 aliphatic rings. The van der Waals surface area contributed by atoms with Gasteiger partial charge in [0.05, 0.1) is 6.10 Å².